The monoisotopic (exact) mass is 454 g/mol. The number of nitrogens with zero attached hydrogens (tertiary/aromatic N) is 1. The molecule has 0 aliphatic heterocycles. The average Bonchev–Trinajstić information content (AvgIpc) is 2.68. The van der Waals surface area contributed by atoms with E-state index in [1.54, 1.807) is 31.2 Å². The van der Waals surface area contributed by atoms with Crippen LogP contribution >= 0.6 is 11.6 Å². The fraction of sp³-hybridized carbons (Fsp3) is 0.300. The van der Waals surface area contributed by atoms with Gasteiger partial charge in [0, 0.05) is 13.6 Å². The van der Waals surface area contributed by atoms with Crippen molar-refractivity contribution >= 4 is 39.2 Å². The maximum atomic E-state index is 12.1. The molecule has 2 aromatic rings. The maximum Gasteiger partial charge on any atom is 0.338 e. The van der Waals surface area contributed by atoms with Crippen LogP contribution in [0, 0.1) is 0 Å². The van der Waals surface area contributed by atoms with E-state index in [0.717, 1.165) is 11.8 Å². The Hall–Kier alpha value is -2.62. The molecule has 0 bridgehead atoms. The smallest absolute Gasteiger partial charge is 0.338 e. The zero-order valence-electron chi connectivity index (χ0n) is 16.8. The first-order chi connectivity index (χ1) is 14.1. The molecule has 0 fully saturated rings. The van der Waals surface area contributed by atoms with Gasteiger partial charge in [-0.25, -0.2) is 17.5 Å². The Morgan fingerprint density at radius 2 is 1.80 bits per heavy atom. The van der Waals surface area contributed by atoms with Gasteiger partial charge in [0.25, 0.3) is 5.91 Å². The summed E-state index contributed by atoms with van der Waals surface area (Å²) < 4.78 is 34.5. The van der Waals surface area contributed by atoms with Crippen LogP contribution in [0.1, 0.15) is 22.8 Å². The first kappa shape index (κ1) is 23.7. The number of hydrogen-bond donors (Lipinski definition) is 1. The molecule has 10 heteroatoms. The van der Waals surface area contributed by atoms with Gasteiger partial charge in [0.05, 0.1) is 29.1 Å². The summed E-state index contributed by atoms with van der Waals surface area (Å²) in [6, 6.07) is 11.2. The average molecular weight is 455 g/mol. The summed E-state index contributed by atoms with van der Waals surface area (Å²) in [5.41, 5.74) is 1.42. The molecule has 0 aliphatic rings. The number of anilines is 1. The molecule has 1 N–H and O–H groups in total. The van der Waals surface area contributed by atoms with Crippen LogP contribution in [-0.4, -0.2) is 51.1 Å². The second kappa shape index (κ2) is 10.4. The van der Waals surface area contributed by atoms with Crippen molar-refractivity contribution in [1.82, 2.24) is 4.31 Å². The van der Waals surface area contributed by atoms with E-state index >= 15 is 0 Å². The summed E-state index contributed by atoms with van der Waals surface area (Å²) in [6.07, 6.45) is 1.14. The molecule has 2 aromatic carbocycles. The largest absolute Gasteiger partial charge is 0.484 e. The van der Waals surface area contributed by atoms with Gasteiger partial charge in [0.15, 0.2) is 6.61 Å². The fourth-order valence-electron chi connectivity index (χ4n) is 2.36. The molecule has 0 aromatic heterocycles. The van der Waals surface area contributed by atoms with Gasteiger partial charge >= 0.3 is 5.97 Å². The minimum absolute atomic E-state index is 0.202. The Morgan fingerprint density at radius 3 is 2.37 bits per heavy atom. The number of carbonyl (C=O) groups excluding carboxylic acids is 2. The third kappa shape index (κ3) is 7.01. The van der Waals surface area contributed by atoms with Crippen LogP contribution in [0.2, 0.25) is 5.02 Å². The third-order valence-electron chi connectivity index (χ3n) is 4.02. The second-order valence-electron chi connectivity index (χ2n) is 6.41. The van der Waals surface area contributed by atoms with Crippen molar-refractivity contribution < 1.29 is 27.5 Å². The van der Waals surface area contributed by atoms with Crippen molar-refractivity contribution in [2.75, 3.05) is 31.8 Å². The van der Waals surface area contributed by atoms with Gasteiger partial charge in [0.1, 0.15) is 5.75 Å². The number of carbonyl (C=O) groups is 2. The molecule has 0 saturated heterocycles. The first-order valence-corrected chi connectivity index (χ1v) is 11.2. The molecule has 30 heavy (non-hydrogen) atoms. The number of halogens is 1. The van der Waals surface area contributed by atoms with E-state index in [9.17, 15) is 18.0 Å². The van der Waals surface area contributed by atoms with E-state index in [0.29, 0.717) is 11.4 Å². The Balaban J connectivity index is 1.89. The molecular weight excluding hydrogens is 432 g/mol. The molecule has 162 valence electrons. The van der Waals surface area contributed by atoms with Crippen LogP contribution in [0.3, 0.4) is 0 Å². The molecule has 0 unspecified atom stereocenters. The SMILES string of the molecule is CCOC(=O)c1ccc(NC(=O)COc2ccc(CN(C)S(C)(=O)=O)cc2)c(Cl)c1. The number of hydrogen-bond acceptors (Lipinski definition) is 6. The predicted octanol–water partition coefficient (Wildman–Crippen LogP) is 2.93. The summed E-state index contributed by atoms with van der Waals surface area (Å²) in [6.45, 7) is 1.94. The highest BCUT2D eigenvalue weighted by molar-refractivity contribution is 7.88. The van der Waals surface area contributed by atoms with Crippen molar-refractivity contribution in [2.45, 2.75) is 13.5 Å². The fourth-order valence-corrected chi connectivity index (χ4v) is 2.97. The van der Waals surface area contributed by atoms with E-state index in [4.69, 9.17) is 21.1 Å². The minimum Gasteiger partial charge on any atom is -0.484 e. The highest BCUT2D eigenvalue weighted by Crippen LogP contribution is 2.23. The van der Waals surface area contributed by atoms with Crippen molar-refractivity contribution in [3.05, 3.63) is 58.6 Å². The topological polar surface area (TPSA) is 102 Å². The first-order valence-electron chi connectivity index (χ1n) is 8.99. The van der Waals surface area contributed by atoms with Crippen LogP contribution < -0.4 is 10.1 Å². The summed E-state index contributed by atoms with van der Waals surface area (Å²) >= 11 is 6.12. The molecule has 0 heterocycles. The predicted molar refractivity (Wildman–Crippen MR) is 114 cm³/mol. The summed E-state index contributed by atoms with van der Waals surface area (Å²) in [5.74, 6) is -0.465. The lowest BCUT2D eigenvalue weighted by atomic mass is 10.2. The number of ether oxygens (including phenoxy) is 2. The Morgan fingerprint density at radius 1 is 1.13 bits per heavy atom. The number of sulfonamides is 1. The molecule has 1 amide bonds. The zero-order valence-corrected chi connectivity index (χ0v) is 18.4. The lowest BCUT2D eigenvalue weighted by molar-refractivity contribution is -0.118. The van der Waals surface area contributed by atoms with Gasteiger partial charge < -0.3 is 14.8 Å². The molecule has 8 nitrogen and oxygen atoms in total. The molecule has 0 spiro atoms. The van der Waals surface area contributed by atoms with Crippen molar-refractivity contribution in [3.63, 3.8) is 0 Å². The number of nitrogens with one attached hydrogen (secondary N) is 1. The Bertz CT molecular complexity index is 1010. The van der Waals surface area contributed by atoms with Crippen molar-refractivity contribution in [3.8, 4) is 5.75 Å². The van der Waals surface area contributed by atoms with Crippen LogP contribution in [0.5, 0.6) is 5.75 Å². The number of esters is 1. The van der Waals surface area contributed by atoms with Gasteiger partial charge in [-0.2, -0.15) is 0 Å². The van der Waals surface area contributed by atoms with Crippen LogP contribution in [0.25, 0.3) is 0 Å². The molecule has 0 atom stereocenters. The van der Waals surface area contributed by atoms with Gasteiger partial charge in [-0.15, -0.1) is 0 Å². The summed E-state index contributed by atoms with van der Waals surface area (Å²) in [5, 5.41) is 2.81. The van der Waals surface area contributed by atoms with Crippen molar-refractivity contribution in [1.29, 1.82) is 0 Å². The minimum atomic E-state index is -3.26. The Kier molecular flexibility index (Phi) is 8.22. The molecule has 0 radical (unpaired) electrons. The molecular formula is C20H23ClN2O6S. The van der Waals surface area contributed by atoms with E-state index in [1.807, 2.05) is 0 Å². The van der Waals surface area contributed by atoms with E-state index in [-0.39, 0.29) is 30.3 Å². The highest BCUT2D eigenvalue weighted by Gasteiger charge is 2.13. The highest BCUT2D eigenvalue weighted by atomic mass is 35.5. The summed E-state index contributed by atoms with van der Waals surface area (Å²) in [7, 11) is -1.77. The number of amides is 1. The van der Waals surface area contributed by atoms with Crippen LogP contribution in [0.15, 0.2) is 42.5 Å². The number of rotatable bonds is 9. The van der Waals surface area contributed by atoms with Crippen LogP contribution in [-0.2, 0) is 26.1 Å². The lowest BCUT2D eigenvalue weighted by Gasteiger charge is -2.14. The van der Waals surface area contributed by atoms with Crippen molar-refractivity contribution in [2.24, 2.45) is 0 Å². The lowest BCUT2D eigenvalue weighted by Crippen LogP contribution is -2.24. The quantitative estimate of drug-likeness (QED) is 0.584. The van der Waals surface area contributed by atoms with Gasteiger partial charge in [0.2, 0.25) is 10.0 Å². The van der Waals surface area contributed by atoms with Gasteiger partial charge in [-0.1, -0.05) is 23.7 Å². The van der Waals surface area contributed by atoms with Gasteiger partial charge in [-0.3, -0.25) is 4.79 Å². The van der Waals surface area contributed by atoms with Crippen LogP contribution in [0.4, 0.5) is 5.69 Å². The molecule has 0 saturated carbocycles. The van der Waals surface area contributed by atoms with E-state index in [2.05, 4.69) is 5.32 Å². The van der Waals surface area contributed by atoms with Gasteiger partial charge in [-0.05, 0) is 42.8 Å². The van der Waals surface area contributed by atoms with E-state index < -0.39 is 21.9 Å². The summed E-state index contributed by atoms with van der Waals surface area (Å²) in [4.78, 5) is 23.8. The van der Waals surface area contributed by atoms with E-state index in [1.165, 1.54) is 29.6 Å². The zero-order chi connectivity index (χ0) is 22.3. The third-order valence-corrected chi connectivity index (χ3v) is 5.59. The normalized spacial score (nSPS) is 11.2. The molecule has 2 rings (SSSR count). The molecule has 0 aliphatic carbocycles. The second-order valence-corrected chi connectivity index (χ2v) is 8.91. The number of benzene rings is 2. The standard InChI is InChI=1S/C20H23ClN2O6S/c1-4-28-20(25)15-7-10-18(17(21)11-15)22-19(24)13-29-16-8-5-14(6-9-16)12-23(2)30(3,26)27/h5-11H,4,12-13H2,1-3H3,(H,22,24). The Labute approximate surface area is 180 Å². The maximum absolute atomic E-state index is 12.1.